The van der Waals surface area contributed by atoms with Crippen LogP contribution in [0.15, 0.2) is 15.8 Å². The van der Waals surface area contributed by atoms with Gasteiger partial charge in [0.15, 0.2) is 0 Å². The molecule has 0 saturated heterocycles. The van der Waals surface area contributed by atoms with Gasteiger partial charge < -0.3 is 4.57 Å². The molecule has 0 saturated carbocycles. The molecular weight excluding hydrogens is 351 g/mol. The third kappa shape index (κ3) is 2.51. The second-order valence-corrected chi connectivity index (χ2v) is 4.52. The summed E-state index contributed by atoms with van der Waals surface area (Å²) in [6.45, 7) is 0. The van der Waals surface area contributed by atoms with Gasteiger partial charge in [0.25, 0.3) is 5.56 Å². The van der Waals surface area contributed by atoms with E-state index in [0.717, 1.165) is 0 Å². The Hall–Kier alpha value is -1.95. The first-order chi connectivity index (χ1) is 10.00. The summed E-state index contributed by atoms with van der Waals surface area (Å²) in [6.07, 6.45) is -7.21. The van der Waals surface area contributed by atoms with Gasteiger partial charge in [-0.15, -0.1) is 0 Å². The number of aryl methyl sites for hydroxylation is 1. The van der Waals surface area contributed by atoms with Crippen LogP contribution in [0.3, 0.4) is 0 Å². The van der Waals surface area contributed by atoms with E-state index in [1.807, 2.05) is 0 Å². The van der Waals surface area contributed by atoms with Crippen LogP contribution >= 0.6 is 0 Å². The van der Waals surface area contributed by atoms with Gasteiger partial charge in [0.1, 0.15) is 5.56 Å². The van der Waals surface area contributed by atoms with Crippen LogP contribution in [0.2, 0.25) is 0 Å². The molecule has 1 heterocycles. The molecule has 132 valence electrons. The first kappa shape index (κ1) is 19.1. The van der Waals surface area contributed by atoms with Crippen molar-refractivity contribution in [1.29, 1.82) is 0 Å². The molecule has 0 aliphatic carbocycles. The summed E-state index contributed by atoms with van der Waals surface area (Å²) in [6, 6.07) is 0. The van der Waals surface area contributed by atoms with Crippen LogP contribution in [0.5, 0.6) is 0 Å². The minimum Gasteiger partial charge on any atom is -0.303 e. The van der Waals surface area contributed by atoms with Crippen molar-refractivity contribution in [3.63, 3.8) is 0 Å². The first-order valence-corrected chi connectivity index (χ1v) is 5.47. The minimum atomic E-state index is -7.12. The average Bonchev–Trinajstić information content (AvgIpc) is 2.38. The lowest BCUT2D eigenvalue weighted by Crippen LogP contribution is -2.61. The van der Waals surface area contributed by atoms with Gasteiger partial charge in [0.2, 0.25) is 0 Å². The van der Waals surface area contributed by atoms with E-state index in [9.17, 15) is 49.1 Å². The van der Waals surface area contributed by atoms with Gasteiger partial charge in [-0.2, -0.15) is 39.5 Å². The minimum absolute atomic E-state index is 0.134. The predicted molar refractivity (Wildman–Crippen MR) is 56.8 cm³/mol. The molecule has 1 rings (SSSR count). The van der Waals surface area contributed by atoms with Crippen LogP contribution in [0.25, 0.3) is 0 Å². The molecule has 0 fully saturated rings. The van der Waals surface area contributed by atoms with E-state index in [-0.39, 0.29) is 15.3 Å². The number of halogens is 9. The molecule has 0 N–H and O–H groups in total. The topological polar surface area (TPSA) is 44.0 Å². The van der Waals surface area contributed by atoms with Crippen molar-refractivity contribution in [1.82, 2.24) is 9.13 Å². The van der Waals surface area contributed by atoms with E-state index in [1.54, 1.807) is 0 Å². The average molecular weight is 358 g/mol. The van der Waals surface area contributed by atoms with E-state index in [2.05, 4.69) is 0 Å². The summed E-state index contributed by atoms with van der Waals surface area (Å²) >= 11 is 0. The van der Waals surface area contributed by atoms with E-state index < -0.39 is 40.8 Å². The largest absolute Gasteiger partial charge is 0.460 e. The summed E-state index contributed by atoms with van der Waals surface area (Å²) < 4.78 is 115. The van der Waals surface area contributed by atoms with Crippen molar-refractivity contribution < 1.29 is 39.5 Å². The Kier molecular flexibility index (Phi) is 4.17. The van der Waals surface area contributed by atoms with Crippen LogP contribution < -0.4 is 11.2 Å². The Morgan fingerprint density at radius 2 is 1.26 bits per heavy atom. The molecule has 0 atom stereocenters. The highest BCUT2D eigenvalue weighted by Crippen LogP contribution is 2.55. The molecule has 0 radical (unpaired) electrons. The Morgan fingerprint density at radius 3 is 1.65 bits per heavy atom. The van der Waals surface area contributed by atoms with Crippen molar-refractivity contribution in [3.05, 3.63) is 32.6 Å². The fourth-order valence-electron chi connectivity index (χ4n) is 1.57. The molecule has 0 aromatic carbocycles. The van der Waals surface area contributed by atoms with Gasteiger partial charge in [-0.3, -0.25) is 9.36 Å². The van der Waals surface area contributed by atoms with Crippen molar-refractivity contribution in [2.24, 2.45) is 14.1 Å². The molecule has 13 heteroatoms. The molecule has 0 bridgehead atoms. The van der Waals surface area contributed by atoms with Gasteiger partial charge in [0.05, 0.1) is 0 Å². The van der Waals surface area contributed by atoms with Crippen molar-refractivity contribution in [3.8, 4) is 0 Å². The number of hydrogen-bond acceptors (Lipinski definition) is 2. The quantitative estimate of drug-likeness (QED) is 0.776. The lowest BCUT2D eigenvalue weighted by atomic mass is 9.98. The maximum atomic E-state index is 13.7. The smallest absolute Gasteiger partial charge is 0.303 e. The number of alkyl halides is 9. The third-order valence-electron chi connectivity index (χ3n) is 2.93. The summed E-state index contributed by atoms with van der Waals surface area (Å²) in [5.74, 6) is -20.3. The van der Waals surface area contributed by atoms with Crippen LogP contribution in [0.4, 0.5) is 39.5 Å². The standard InChI is InChI=1S/C10H7F9N2O2/c1-20-3-4(5(22)21(2)6(20)23)7(11,12)8(13,14)9(15,16)10(17,18)19/h3H,1-2H3. The van der Waals surface area contributed by atoms with Gasteiger partial charge >= 0.3 is 29.6 Å². The normalized spacial score (nSPS) is 14.2. The molecule has 0 spiro atoms. The Bertz CT molecular complexity index is 729. The van der Waals surface area contributed by atoms with Crippen LogP contribution in [0, 0.1) is 0 Å². The highest BCUT2D eigenvalue weighted by molar-refractivity contribution is 5.19. The highest BCUT2D eigenvalue weighted by atomic mass is 19.4. The molecule has 4 nitrogen and oxygen atoms in total. The van der Waals surface area contributed by atoms with Crippen LogP contribution in [-0.4, -0.2) is 27.2 Å². The predicted octanol–water partition coefficient (Wildman–Crippen LogP) is 2.01. The molecule has 0 aliphatic rings. The van der Waals surface area contributed by atoms with Crippen LogP contribution in [-0.2, 0) is 20.0 Å². The van der Waals surface area contributed by atoms with Crippen LogP contribution in [0.1, 0.15) is 5.56 Å². The first-order valence-electron chi connectivity index (χ1n) is 5.47. The molecular formula is C10H7F9N2O2. The highest BCUT2D eigenvalue weighted by Gasteiger charge is 2.82. The zero-order valence-electron chi connectivity index (χ0n) is 11.2. The van der Waals surface area contributed by atoms with Gasteiger partial charge in [-0.25, -0.2) is 4.79 Å². The zero-order valence-corrected chi connectivity index (χ0v) is 11.2. The molecule has 0 aliphatic heterocycles. The maximum absolute atomic E-state index is 13.7. The van der Waals surface area contributed by atoms with E-state index in [4.69, 9.17) is 0 Å². The SMILES string of the molecule is Cn1cc(C(F)(F)C(F)(F)C(F)(F)C(F)(F)F)c(=O)n(C)c1=O. The molecule has 23 heavy (non-hydrogen) atoms. The summed E-state index contributed by atoms with van der Waals surface area (Å²) in [4.78, 5) is 22.7. The third-order valence-corrected chi connectivity index (χ3v) is 2.93. The Labute approximate surface area is 120 Å². The fourth-order valence-corrected chi connectivity index (χ4v) is 1.57. The molecule has 1 aromatic rings. The lowest BCUT2D eigenvalue weighted by Gasteiger charge is -2.33. The second-order valence-electron chi connectivity index (χ2n) is 4.52. The van der Waals surface area contributed by atoms with E-state index in [1.165, 1.54) is 0 Å². The number of nitrogens with zero attached hydrogens (tertiary/aromatic N) is 2. The van der Waals surface area contributed by atoms with Gasteiger partial charge in [-0.05, 0) is 0 Å². The maximum Gasteiger partial charge on any atom is 0.460 e. The van der Waals surface area contributed by atoms with Crippen molar-refractivity contribution in [2.45, 2.75) is 23.9 Å². The number of hydrogen-bond donors (Lipinski definition) is 0. The monoisotopic (exact) mass is 358 g/mol. The number of aromatic nitrogens is 2. The Morgan fingerprint density at radius 1 is 0.826 bits per heavy atom. The summed E-state index contributed by atoms with van der Waals surface area (Å²) in [5, 5.41) is 0. The number of rotatable bonds is 3. The van der Waals surface area contributed by atoms with Crippen molar-refractivity contribution >= 4 is 0 Å². The van der Waals surface area contributed by atoms with Gasteiger partial charge in [-0.1, -0.05) is 0 Å². The Balaban J connectivity index is 3.73. The lowest BCUT2D eigenvalue weighted by molar-refractivity contribution is -0.399. The molecule has 1 aromatic heterocycles. The van der Waals surface area contributed by atoms with E-state index >= 15 is 0 Å². The van der Waals surface area contributed by atoms with E-state index in [0.29, 0.717) is 14.1 Å². The molecule has 0 amide bonds. The summed E-state index contributed by atoms with van der Waals surface area (Å²) in [5.41, 5.74) is -5.78. The second kappa shape index (κ2) is 5.03. The summed E-state index contributed by atoms with van der Waals surface area (Å²) in [7, 11) is 1.27. The zero-order chi connectivity index (χ0) is 18.6. The molecule has 0 unspecified atom stereocenters. The van der Waals surface area contributed by atoms with Gasteiger partial charge in [0, 0.05) is 20.3 Å². The fraction of sp³-hybridized carbons (Fsp3) is 0.600. The van der Waals surface area contributed by atoms with Crippen molar-refractivity contribution in [2.75, 3.05) is 0 Å².